The van der Waals surface area contributed by atoms with Gasteiger partial charge in [0, 0.05) is 45.2 Å². The molecule has 0 fully saturated rings. The van der Waals surface area contributed by atoms with E-state index in [1.807, 2.05) is 184 Å². The van der Waals surface area contributed by atoms with Crippen LogP contribution in [0.4, 0.5) is 0 Å². The van der Waals surface area contributed by atoms with Crippen molar-refractivity contribution in [2.75, 3.05) is 33.0 Å². The fourth-order valence-electron chi connectivity index (χ4n) is 13.1. The van der Waals surface area contributed by atoms with Gasteiger partial charge in [-0.05, 0) is 115 Å². The quantitative estimate of drug-likeness (QED) is 0.0181. The van der Waals surface area contributed by atoms with Crippen LogP contribution >= 0.6 is 0 Å². The lowest BCUT2D eigenvalue weighted by atomic mass is 9.82. The number of hydrogen-bond donors (Lipinski definition) is 5. The predicted molar refractivity (Wildman–Crippen MR) is 459 cm³/mol. The second-order valence-electron chi connectivity index (χ2n) is 29.2. The Morgan fingerprint density at radius 3 is 0.904 bits per heavy atom. The molecule has 0 spiro atoms. The van der Waals surface area contributed by atoms with Gasteiger partial charge in [0.25, 0.3) is 0 Å². The summed E-state index contributed by atoms with van der Waals surface area (Å²) < 4.78 is 22.8. The maximum absolute atomic E-state index is 12.9. The Hall–Kier alpha value is -11.8. The number of unbranched alkanes of at least 4 members (excludes halogenated alkanes) is 7. The second kappa shape index (κ2) is 43.5. The maximum atomic E-state index is 12.9. The van der Waals surface area contributed by atoms with Crippen LogP contribution in [0.2, 0.25) is 0 Å². The standard InChI is InChI=1S/C45H45N3O5.C44H43N3O4.C9H20O2/c1-4-6-27-45(5-2,29-49)30-52-44(51)31(3)53-38-25-26-39(40(50)28-38)43-47-41(36-21-17-34(18-22-36)32-13-9-7-10-14-32)46-42(48-43)37-23-19-35(20-24-37)33-15-11-8-12-16-33;1-3-4-5-6-7-14-29-50-44(49)31(2)51-38-27-28-39(40(48)30-38)43-46-41(36-23-19-34(20-24-36)32-15-10-8-11-16-32)45-42(47-43)37-25-21-35(22-26-37)33-17-12-9-13-18-33;1-3-5-6-9(4-2,7-10)8-11/h7-26,28,31,49-50H,4-6,27,29-30H2,1-3H3;8-13,15-28,30-31,48H,3-7,14,29H2,1-2H3;10-11H,3-8H2,1-2H3. The molecule has 0 radical (unpaired) electrons. The summed E-state index contributed by atoms with van der Waals surface area (Å²) in [5.74, 6) is 1.91. The molecule has 17 heteroatoms. The average Bonchev–Trinajstić information content (AvgIpc) is 0.767. The Bertz CT molecular complexity index is 4740. The molecule has 0 saturated heterocycles. The van der Waals surface area contributed by atoms with Gasteiger partial charge in [0.05, 0.1) is 44.2 Å². The summed E-state index contributed by atoms with van der Waals surface area (Å²) in [6.45, 7) is 14.3. The van der Waals surface area contributed by atoms with E-state index in [9.17, 15) is 24.9 Å². The van der Waals surface area contributed by atoms with Gasteiger partial charge in [0.15, 0.2) is 47.2 Å². The van der Waals surface area contributed by atoms with E-state index in [0.717, 1.165) is 131 Å². The number of phenolic OH excluding ortho intramolecular Hbond substituents is 2. The SMILES string of the molecule is CCCCC(CC)(CO)CO.CCCCC(CC)(CO)COC(=O)C(C)Oc1ccc(-c2nc(-c3ccc(-c4ccccc4)cc3)nc(-c3ccc(-c4ccccc4)cc3)n2)c(O)c1.CCCCCCCCOC(=O)C(C)Oc1ccc(-c2nc(-c3ccc(-c4ccccc4)cc3)nc(-c3ccc(-c4ccccc4)cc3)n2)c(O)c1. The number of esters is 2. The first kappa shape index (κ1) is 85.7. The molecule has 0 amide bonds. The van der Waals surface area contributed by atoms with Gasteiger partial charge in [-0.15, -0.1) is 0 Å². The molecule has 3 atom stereocenters. The number of nitrogens with zero attached hydrogens (tertiary/aromatic N) is 6. The van der Waals surface area contributed by atoms with Crippen LogP contribution in [0.3, 0.4) is 0 Å². The van der Waals surface area contributed by atoms with Crippen molar-refractivity contribution >= 4 is 11.9 Å². The van der Waals surface area contributed by atoms with Gasteiger partial charge >= 0.3 is 11.9 Å². The highest BCUT2D eigenvalue weighted by Crippen LogP contribution is 2.38. The highest BCUT2D eigenvalue weighted by molar-refractivity contribution is 5.78. The van der Waals surface area contributed by atoms with E-state index < -0.39 is 29.6 Å². The molecular formula is C98H108N6O11. The minimum Gasteiger partial charge on any atom is -0.507 e. The lowest BCUT2D eigenvalue weighted by Crippen LogP contribution is -2.35. The van der Waals surface area contributed by atoms with Crippen LogP contribution in [-0.2, 0) is 19.1 Å². The minimum atomic E-state index is -0.937. The van der Waals surface area contributed by atoms with Crippen LogP contribution in [-0.4, -0.2) is 113 Å². The average molecular weight is 1550 g/mol. The fourth-order valence-corrected chi connectivity index (χ4v) is 13.1. The minimum absolute atomic E-state index is 0.0557. The smallest absolute Gasteiger partial charge is 0.347 e. The van der Waals surface area contributed by atoms with Crippen LogP contribution in [0, 0.1) is 10.8 Å². The molecule has 115 heavy (non-hydrogen) atoms. The van der Waals surface area contributed by atoms with Crippen LogP contribution in [0.1, 0.15) is 138 Å². The molecule has 2 heterocycles. The van der Waals surface area contributed by atoms with E-state index in [1.165, 1.54) is 31.4 Å². The number of benzene rings is 10. The lowest BCUT2D eigenvalue weighted by Gasteiger charge is -2.30. The molecule has 5 N–H and O–H groups in total. The van der Waals surface area contributed by atoms with E-state index in [1.54, 1.807) is 38.1 Å². The predicted octanol–water partition coefficient (Wildman–Crippen LogP) is 21.9. The molecule has 10 aromatic carbocycles. The molecule has 596 valence electrons. The Balaban J connectivity index is 0.000000215. The van der Waals surface area contributed by atoms with E-state index in [-0.39, 0.29) is 54.9 Å². The molecule has 3 unspecified atom stereocenters. The van der Waals surface area contributed by atoms with Gasteiger partial charge in [0.1, 0.15) is 23.0 Å². The highest BCUT2D eigenvalue weighted by atomic mass is 16.6. The first-order valence-corrected chi connectivity index (χ1v) is 40.4. The summed E-state index contributed by atoms with van der Waals surface area (Å²) in [5, 5.41) is 50.6. The van der Waals surface area contributed by atoms with Crippen LogP contribution in [0.5, 0.6) is 23.0 Å². The summed E-state index contributed by atoms with van der Waals surface area (Å²) in [4.78, 5) is 54.5. The Labute approximate surface area is 677 Å². The number of aliphatic hydroxyl groups is 3. The summed E-state index contributed by atoms with van der Waals surface area (Å²) in [6.07, 6.45) is 12.3. The van der Waals surface area contributed by atoms with Crippen molar-refractivity contribution in [3.63, 3.8) is 0 Å². The highest BCUT2D eigenvalue weighted by Gasteiger charge is 2.31. The topological polar surface area (TPSA) is 250 Å². The fraction of sp³-hybridized carbons (Fsp3) is 0.306. The van der Waals surface area contributed by atoms with Crippen molar-refractivity contribution in [1.29, 1.82) is 0 Å². The number of carbonyl (C=O) groups is 2. The molecule has 0 aliphatic rings. The van der Waals surface area contributed by atoms with Crippen molar-refractivity contribution in [2.45, 2.75) is 151 Å². The van der Waals surface area contributed by atoms with E-state index >= 15 is 0 Å². The third-order valence-corrected chi connectivity index (χ3v) is 20.9. The molecule has 0 saturated carbocycles. The monoisotopic (exact) mass is 1540 g/mol. The number of aromatic nitrogens is 6. The number of hydrogen-bond acceptors (Lipinski definition) is 17. The lowest BCUT2D eigenvalue weighted by molar-refractivity contribution is -0.156. The van der Waals surface area contributed by atoms with Gasteiger partial charge in [0.2, 0.25) is 0 Å². The van der Waals surface area contributed by atoms with Crippen LogP contribution < -0.4 is 9.47 Å². The number of carbonyl (C=O) groups excluding carboxylic acids is 2. The van der Waals surface area contributed by atoms with Gasteiger partial charge in [-0.2, -0.15) is 0 Å². The number of phenols is 2. The van der Waals surface area contributed by atoms with Gasteiger partial charge < -0.3 is 44.5 Å². The van der Waals surface area contributed by atoms with Gasteiger partial charge in [-0.3, -0.25) is 0 Å². The van der Waals surface area contributed by atoms with Crippen molar-refractivity contribution in [2.24, 2.45) is 10.8 Å². The van der Waals surface area contributed by atoms with Crippen molar-refractivity contribution in [3.05, 3.63) is 255 Å². The maximum Gasteiger partial charge on any atom is 0.347 e. The number of rotatable bonds is 36. The molecule has 0 bridgehead atoms. The number of aliphatic hydroxyl groups excluding tert-OH is 3. The van der Waals surface area contributed by atoms with E-state index in [2.05, 4.69) is 69.3 Å². The number of aromatic hydroxyl groups is 2. The third-order valence-electron chi connectivity index (χ3n) is 20.9. The molecular weight excluding hydrogens is 1440 g/mol. The molecule has 17 nitrogen and oxygen atoms in total. The Morgan fingerprint density at radius 1 is 0.322 bits per heavy atom. The third kappa shape index (κ3) is 24.2. The summed E-state index contributed by atoms with van der Waals surface area (Å²) in [7, 11) is 0. The van der Waals surface area contributed by atoms with Crippen molar-refractivity contribution in [3.8, 4) is 136 Å². The Kier molecular flexibility index (Phi) is 32.4. The zero-order valence-corrected chi connectivity index (χ0v) is 67.2. The van der Waals surface area contributed by atoms with E-state index in [4.69, 9.17) is 59.1 Å². The molecule has 12 rings (SSSR count). The number of ether oxygens (including phenoxy) is 4. The normalized spacial score (nSPS) is 12.2. The second-order valence-corrected chi connectivity index (χ2v) is 29.2. The van der Waals surface area contributed by atoms with Gasteiger partial charge in [-0.25, -0.2) is 39.5 Å². The largest absolute Gasteiger partial charge is 0.507 e. The summed E-state index contributed by atoms with van der Waals surface area (Å²) in [5.41, 5.74) is 12.1. The zero-order valence-electron chi connectivity index (χ0n) is 67.2. The van der Waals surface area contributed by atoms with Crippen molar-refractivity contribution < 1.29 is 54.1 Å². The summed E-state index contributed by atoms with van der Waals surface area (Å²) in [6, 6.07) is 82.5. The first-order chi connectivity index (χ1) is 56.0. The zero-order chi connectivity index (χ0) is 81.4. The molecule has 0 aliphatic carbocycles. The molecule has 0 aliphatic heterocycles. The van der Waals surface area contributed by atoms with Crippen LogP contribution in [0.15, 0.2) is 255 Å². The molecule has 12 aromatic rings. The summed E-state index contributed by atoms with van der Waals surface area (Å²) >= 11 is 0. The molecule has 2 aromatic heterocycles. The van der Waals surface area contributed by atoms with E-state index in [0.29, 0.717) is 59.0 Å². The van der Waals surface area contributed by atoms with Crippen LogP contribution in [0.25, 0.3) is 113 Å². The van der Waals surface area contributed by atoms with Crippen molar-refractivity contribution in [1.82, 2.24) is 29.9 Å². The Morgan fingerprint density at radius 2 is 0.600 bits per heavy atom. The van der Waals surface area contributed by atoms with Gasteiger partial charge in [-0.1, -0.05) is 311 Å². The first-order valence-electron chi connectivity index (χ1n) is 40.4.